The molecule has 3 heterocycles. The molecule has 0 N–H and O–H groups in total. The summed E-state index contributed by atoms with van der Waals surface area (Å²) in [6.07, 6.45) is 6.33. The third-order valence-corrected chi connectivity index (χ3v) is 6.17. The van der Waals surface area contributed by atoms with E-state index in [1.165, 1.54) is 12.6 Å². The van der Waals surface area contributed by atoms with Gasteiger partial charge >= 0.3 is 6.09 Å². The third kappa shape index (κ3) is 2.59. The van der Waals surface area contributed by atoms with Crippen molar-refractivity contribution in [3.8, 4) is 0 Å². The topological polar surface area (TPSA) is 75.9 Å². The van der Waals surface area contributed by atoms with E-state index >= 15 is 0 Å². The minimum atomic E-state index is -0.530. The van der Waals surface area contributed by atoms with Gasteiger partial charge in [-0.1, -0.05) is 6.92 Å². The lowest BCUT2D eigenvalue weighted by molar-refractivity contribution is -0.0247. The van der Waals surface area contributed by atoms with E-state index in [0.717, 1.165) is 25.7 Å². The molecule has 26 heavy (non-hydrogen) atoms. The van der Waals surface area contributed by atoms with Crippen LogP contribution in [0.25, 0.3) is 0 Å². The van der Waals surface area contributed by atoms with Gasteiger partial charge in [0, 0.05) is 24.0 Å². The van der Waals surface area contributed by atoms with Gasteiger partial charge in [-0.05, 0) is 46.5 Å². The summed E-state index contributed by atoms with van der Waals surface area (Å²) in [5, 5.41) is 0. The van der Waals surface area contributed by atoms with Crippen LogP contribution in [-0.2, 0) is 4.74 Å². The lowest BCUT2D eigenvalue weighted by atomic mass is 9.66. The number of piperidine rings is 1. The van der Waals surface area contributed by atoms with E-state index in [0.29, 0.717) is 6.54 Å². The Kier molecular flexibility index (Phi) is 3.82. The molecular weight excluding hydrogens is 334 g/mol. The number of hydrogen-bond donors (Lipinski definition) is 0. The summed E-state index contributed by atoms with van der Waals surface area (Å²) in [4.78, 5) is 33.6. The second-order valence-corrected chi connectivity index (χ2v) is 9.04. The lowest BCUT2D eigenvalue weighted by Gasteiger charge is -2.49. The van der Waals surface area contributed by atoms with E-state index in [2.05, 4.69) is 11.9 Å². The van der Waals surface area contributed by atoms with E-state index in [-0.39, 0.29) is 41.3 Å². The Hall–Kier alpha value is -2.05. The van der Waals surface area contributed by atoms with Gasteiger partial charge in [0.15, 0.2) is 6.39 Å². The average Bonchev–Trinajstić information content (AvgIpc) is 3.16. The lowest BCUT2D eigenvalue weighted by Crippen LogP contribution is -2.58. The molecule has 1 aromatic rings. The Labute approximate surface area is 153 Å². The first-order valence-electron chi connectivity index (χ1n) is 9.41. The summed E-state index contributed by atoms with van der Waals surface area (Å²) < 4.78 is 10.9. The molecule has 1 saturated carbocycles. The standard InChI is InChI=1S/C19H27N3O4/c1-18(2,3)26-17(24)21-10-12-8-19(4)14(21)6-5-7-15(19)22(12)16(23)13-9-20-11-25-13/h9,11-12,14-15H,5-8,10H2,1-4H3/t12-,14+,15-,19+/m0/s1. The first-order valence-corrected chi connectivity index (χ1v) is 9.41. The largest absolute Gasteiger partial charge is 0.444 e. The van der Waals surface area contributed by atoms with Crippen LogP contribution in [-0.4, -0.2) is 57.1 Å². The molecule has 3 aliphatic rings. The quantitative estimate of drug-likeness (QED) is 0.768. The highest BCUT2D eigenvalue weighted by Crippen LogP contribution is 2.54. The second-order valence-electron chi connectivity index (χ2n) is 9.04. The van der Waals surface area contributed by atoms with Crippen molar-refractivity contribution < 1.29 is 18.7 Å². The molecule has 0 unspecified atom stereocenters. The molecule has 1 aromatic heterocycles. The molecule has 1 aliphatic carbocycles. The fraction of sp³-hybridized carbons (Fsp3) is 0.737. The molecule has 0 aromatic carbocycles. The van der Waals surface area contributed by atoms with Crippen LogP contribution in [0.15, 0.2) is 17.0 Å². The molecule has 0 spiro atoms. The van der Waals surface area contributed by atoms with Gasteiger partial charge in [0.05, 0.1) is 12.2 Å². The maximum Gasteiger partial charge on any atom is 0.410 e. The van der Waals surface area contributed by atoms with E-state index in [1.54, 1.807) is 0 Å². The number of oxazole rings is 1. The van der Waals surface area contributed by atoms with Crippen LogP contribution in [0.3, 0.4) is 0 Å². The number of carbonyl (C=O) groups excluding carboxylic acids is 2. The summed E-state index contributed by atoms with van der Waals surface area (Å²) >= 11 is 0. The van der Waals surface area contributed by atoms with E-state index < -0.39 is 5.60 Å². The molecule has 2 bridgehead atoms. The molecular formula is C19H27N3O4. The molecule has 7 nitrogen and oxygen atoms in total. The monoisotopic (exact) mass is 361 g/mol. The van der Waals surface area contributed by atoms with Crippen molar-refractivity contribution in [3.05, 3.63) is 18.4 Å². The molecule has 7 heteroatoms. The van der Waals surface area contributed by atoms with E-state index in [9.17, 15) is 9.59 Å². The minimum absolute atomic E-state index is 0.00975. The summed E-state index contributed by atoms with van der Waals surface area (Å²) in [6.45, 7) is 8.39. The molecule has 142 valence electrons. The third-order valence-electron chi connectivity index (χ3n) is 6.17. The van der Waals surface area contributed by atoms with Gasteiger partial charge in [-0.15, -0.1) is 0 Å². The van der Waals surface area contributed by atoms with Crippen molar-refractivity contribution >= 4 is 12.0 Å². The minimum Gasteiger partial charge on any atom is -0.444 e. The van der Waals surface area contributed by atoms with Crippen molar-refractivity contribution in [2.24, 2.45) is 5.41 Å². The normalized spacial score (nSPS) is 33.3. The maximum atomic E-state index is 13.1. The molecule has 2 amide bonds. The summed E-state index contributed by atoms with van der Waals surface area (Å²) in [5.74, 6) is 0.153. The average molecular weight is 361 g/mol. The second kappa shape index (κ2) is 5.72. The predicted molar refractivity (Wildman–Crippen MR) is 93.6 cm³/mol. The highest BCUT2D eigenvalue weighted by atomic mass is 16.6. The number of carbonyl (C=O) groups is 2. The van der Waals surface area contributed by atoms with Gasteiger partial charge in [-0.3, -0.25) is 4.79 Å². The first-order chi connectivity index (χ1) is 12.2. The zero-order valence-corrected chi connectivity index (χ0v) is 15.9. The first kappa shape index (κ1) is 17.4. The van der Waals surface area contributed by atoms with Crippen molar-refractivity contribution in [1.82, 2.24) is 14.8 Å². The van der Waals surface area contributed by atoms with Crippen LogP contribution in [0.4, 0.5) is 4.79 Å². The zero-order valence-electron chi connectivity index (χ0n) is 15.9. The Morgan fingerprint density at radius 1 is 1.31 bits per heavy atom. The fourth-order valence-corrected chi connectivity index (χ4v) is 5.27. The van der Waals surface area contributed by atoms with Crippen molar-refractivity contribution in [1.29, 1.82) is 0 Å². The number of amides is 2. The van der Waals surface area contributed by atoms with Crippen LogP contribution in [0.1, 0.15) is 63.9 Å². The fourth-order valence-electron chi connectivity index (χ4n) is 5.27. The van der Waals surface area contributed by atoms with Crippen molar-refractivity contribution in [2.45, 2.75) is 77.1 Å². The van der Waals surface area contributed by atoms with Gasteiger partial charge < -0.3 is 19.0 Å². The van der Waals surface area contributed by atoms with Gasteiger partial charge in [0.25, 0.3) is 5.91 Å². The van der Waals surface area contributed by atoms with Crippen LogP contribution in [0, 0.1) is 5.41 Å². The van der Waals surface area contributed by atoms with Crippen molar-refractivity contribution in [2.75, 3.05) is 6.54 Å². The highest BCUT2D eigenvalue weighted by Gasteiger charge is 2.62. The molecule has 4 atom stereocenters. The van der Waals surface area contributed by atoms with Crippen LogP contribution in [0.5, 0.6) is 0 Å². The number of nitrogens with zero attached hydrogens (tertiary/aromatic N) is 3. The number of hydrogen-bond acceptors (Lipinski definition) is 5. The number of rotatable bonds is 1. The van der Waals surface area contributed by atoms with Gasteiger partial charge in [-0.2, -0.15) is 0 Å². The van der Waals surface area contributed by atoms with Crippen LogP contribution in [0.2, 0.25) is 0 Å². The highest BCUT2D eigenvalue weighted by molar-refractivity contribution is 5.92. The van der Waals surface area contributed by atoms with Gasteiger partial charge in [-0.25, -0.2) is 9.78 Å². The Bertz CT molecular complexity index is 711. The van der Waals surface area contributed by atoms with Gasteiger partial charge in [0.1, 0.15) is 5.60 Å². The van der Waals surface area contributed by atoms with Crippen LogP contribution >= 0.6 is 0 Å². The Balaban J connectivity index is 1.66. The SMILES string of the molecule is CC(C)(C)OC(=O)N1C[C@@H]2C[C@@]3(C)[C@H](CCC[C@@H]13)N2C(=O)c1cnco1. The van der Waals surface area contributed by atoms with E-state index in [4.69, 9.17) is 9.15 Å². The van der Waals surface area contributed by atoms with Crippen molar-refractivity contribution in [3.63, 3.8) is 0 Å². The molecule has 3 fully saturated rings. The summed E-state index contributed by atoms with van der Waals surface area (Å²) in [6, 6.07) is 0.223. The number of aromatic nitrogens is 1. The molecule has 4 rings (SSSR count). The van der Waals surface area contributed by atoms with Gasteiger partial charge in [0.2, 0.25) is 5.76 Å². The van der Waals surface area contributed by atoms with E-state index in [1.807, 2.05) is 30.6 Å². The Morgan fingerprint density at radius 3 is 2.69 bits per heavy atom. The predicted octanol–water partition coefficient (Wildman–Crippen LogP) is 3.07. The molecule has 2 saturated heterocycles. The summed E-state index contributed by atoms with van der Waals surface area (Å²) in [7, 11) is 0. The molecule has 0 radical (unpaired) electrons. The van der Waals surface area contributed by atoms with Crippen LogP contribution < -0.4 is 0 Å². The Morgan fingerprint density at radius 2 is 2.04 bits per heavy atom. The molecule has 2 aliphatic heterocycles. The number of ether oxygens (including phenoxy) is 1. The number of likely N-dealkylation sites (tertiary alicyclic amines) is 2. The smallest absolute Gasteiger partial charge is 0.410 e. The summed E-state index contributed by atoms with van der Waals surface area (Å²) in [5.41, 5.74) is -0.633. The maximum absolute atomic E-state index is 13.1. The number of fused-ring (bicyclic) bond motifs is 1. The zero-order chi connectivity index (χ0) is 18.7.